The van der Waals surface area contributed by atoms with Crippen molar-refractivity contribution in [1.29, 1.82) is 0 Å². The zero-order valence-corrected chi connectivity index (χ0v) is 21.3. The molecule has 2 atom stereocenters. The number of nitrogens with two attached hydrogens (primary N) is 1. The Labute approximate surface area is 229 Å². The van der Waals surface area contributed by atoms with E-state index < -0.39 is 41.5 Å². The van der Waals surface area contributed by atoms with Gasteiger partial charge in [-0.2, -0.15) is 0 Å². The molecule has 206 valence electrons. The van der Waals surface area contributed by atoms with Gasteiger partial charge in [-0.1, -0.05) is 11.8 Å². The van der Waals surface area contributed by atoms with Crippen molar-refractivity contribution in [1.82, 2.24) is 16.1 Å². The van der Waals surface area contributed by atoms with Crippen molar-refractivity contribution in [2.75, 3.05) is 11.9 Å². The number of anilines is 1. The predicted molar refractivity (Wildman–Crippen MR) is 144 cm³/mol. The molecule has 3 rings (SSSR count). The third-order valence-electron chi connectivity index (χ3n) is 5.52. The number of hydrogen-bond acceptors (Lipinski definition) is 8. The smallest absolute Gasteiger partial charge is 0.267 e. The Morgan fingerprint density at radius 3 is 1.95 bits per heavy atom. The second-order valence-corrected chi connectivity index (χ2v) is 8.63. The molecule has 0 aliphatic rings. The fourth-order valence-corrected chi connectivity index (χ4v) is 3.35. The zero-order chi connectivity index (χ0) is 29.2. The van der Waals surface area contributed by atoms with Crippen molar-refractivity contribution in [3.63, 3.8) is 0 Å². The number of nitrogens with one attached hydrogen (secondary N) is 4. The molecule has 0 aromatic heterocycles. The first-order valence-electron chi connectivity index (χ1n) is 11.9. The minimum Gasteiger partial charge on any atom is -0.504 e. The molecular formula is C28H27N5O7. The Kier molecular flexibility index (Phi) is 9.79. The van der Waals surface area contributed by atoms with E-state index in [9.17, 15) is 29.4 Å². The number of benzene rings is 3. The molecule has 12 nitrogen and oxygen atoms in total. The molecule has 0 fully saturated rings. The van der Waals surface area contributed by atoms with Gasteiger partial charge < -0.3 is 31.9 Å². The number of aromatic hydroxyl groups is 2. The molecule has 9 N–H and O–H groups in total. The van der Waals surface area contributed by atoms with Crippen LogP contribution in [0.2, 0.25) is 0 Å². The van der Waals surface area contributed by atoms with Crippen LogP contribution in [0.5, 0.6) is 11.5 Å². The summed E-state index contributed by atoms with van der Waals surface area (Å²) in [6.45, 7) is 1.21. The van der Waals surface area contributed by atoms with Crippen LogP contribution in [0.4, 0.5) is 5.69 Å². The standard InChI is InChI=1S/C28H27N5O7/c1-16(29)25(28(39)33-40)32-27(38)19-8-4-17(5-9-19)2-3-18-6-11-21(12-7-18)31-24(36)15-30-26(37)20-10-13-22(34)23(35)14-20/h4-14,16,25,34-35,40H,15,29H2,1H3,(H,30,37)(H,31,36)(H,32,38)(H,33,39)/t16-,25+/m1/s1. The van der Waals surface area contributed by atoms with Crippen molar-refractivity contribution < 1.29 is 34.6 Å². The average molecular weight is 546 g/mol. The summed E-state index contributed by atoms with van der Waals surface area (Å²) >= 11 is 0. The monoisotopic (exact) mass is 545 g/mol. The van der Waals surface area contributed by atoms with Crippen LogP contribution in [-0.4, -0.2) is 57.7 Å². The molecule has 3 aromatic carbocycles. The van der Waals surface area contributed by atoms with Gasteiger partial charge in [0, 0.05) is 34.0 Å². The molecule has 0 aliphatic carbocycles. The van der Waals surface area contributed by atoms with Gasteiger partial charge in [-0.05, 0) is 73.7 Å². The van der Waals surface area contributed by atoms with E-state index in [1.54, 1.807) is 36.4 Å². The fourth-order valence-electron chi connectivity index (χ4n) is 3.35. The number of hydrogen-bond donors (Lipinski definition) is 8. The van der Waals surface area contributed by atoms with Crippen molar-refractivity contribution in [2.45, 2.75) is 19.0 Å². The van der Waals surface area contributed by atoms with Crippen molar-refractivity contribution in [2.24, 2.45) is 5.73 Å². The maximum atomic E-state index is 12.4. The SMILES string of the molecule is C[C@@H](N)[C@H](NC(=O)c1ccc(C#Cc2ccc(NC(=O)CNC(=O)c3ccc(O)c(O)c3)cc2)cc1)C(=O)NO. The zero-order valence-electron chi connectivity index (χ0n) is 21.3. The summed E-state index contributed by atoms with van der Waals surface area (Å²) in [4.78, 5) is 48.4. The van der Waals surface area contributed by atoms with E-state index in [0.717, 1.165) is 6.07 Å². The topological polar surface area (TPSA) is 203 Å². The summed E-state index contributed by atoms with van der Waals surface area (Å²) in [7, 11) is 0. The molecule has 0 saturated carbocycles. The number of rotatable bonds is 8. The third-order valence-corrected chi connectivity index (χ3v) is 5.52. The highest BCUT2D eigenvalue weighted by atomic mass is 16.5. The second-order valence-electron chi connectivity index (χ2n) is 8.63. The minimum absolute atomic E-state index is 0.0888. The van der Waals surface area contributed by atoms with E-state index in [0.29, 0.717) is 16.8 Å². The first-order chi connectivity index (χ1) is 19.1. The second kappa shape index (κ2) is 13.4. The van der Waals surface area contributed by atoms with Crippen molar-refractivity contribution >= 4 is 29.3 Å². The highest BCUT2D eigenvalue weighted by Crippen LogP contribution is 2.24. The van der Waals surface area contributed by atoms with Crippen molar-refractivity contribution in [3.05, 3.63) is 89.0 Å². The number of carbonyl (C=O) groups excluding carboxylic acids is 4. The van der Waals surface area contributed by atoms with Gasteiger partial charge in [0.2, 0.25) is 5.91 Å². The van der Waals surface area contributed by atoms with E-state index in [-0.39, 0.29) is 23.4 Å². The van der Waals surface area contributed by atoms with Crippen LogP contribution >= 0.6 is 0 Å². The van der Waals surface area contributed by atoms with Crippen LogP contribution in [0.25, 0.3) is 0 Å². The molecule has 0 spiro atoms. The van der Waals surface area contributed by atoms with Gasteiger partial charge in [0.25, 0.3) is 17.7 Å². The summed E-state index contributed by atoms with van der Waals surface area (Å²) < 4.78 is 0. The molecular weight excluding hydrogens is 518 g/mol. The average Bonchev–Trinajstić information content (AvgIpc) is 2.95. The maximum Gasteiger partial charge on any atom is 0.267 e. The van der Waals surface area contributed by atoms with E-state index in [1.807, 2.05) is 0 Å². The first kappa shape index (κ1) is 29.2. The minimum atomic E-state index is -1.11. The van der Waals surface area contributed by atoms with Crippen LogP contribution in [0, 0.1) is 11.8 Å². The number of amides is 4. The van der Waals surface area contributed by atoms with Gasteiger partial charge in [0.05, 0.1) is 6.54 Å². The Morgan fingerprint density at radius 1 is 0.825 bits per heavy atom. The van der Waals surface area contributed by atoms with Gasteiger partial charge in [0.15, 0.2) is 11.5 Å². The van der Waals surface area contributed by atoms with Gasteiger partial charge in [-0.25, -0.2) is 5.48 Å². The Balaban J connectivity index is 1.52. The number of carbonyl (C=O) groups is 4. The van der Waals surface area contributed by atoms with E-state index in [2.05, 4.69) is 27.8 Å². The fraction of sp³-hybridized carbons (Fsp3) is 0.143. The van der Waals surface area contributed by atoms with Crippen LogP contribution in [0.1, 0.15) is 38.8 Å². The molecule has 4 amide bonds. The number of hydroxylamine groups is 1. The summed E-state index contributed by atoms with van der Waals surface area (Å²) in [5.74, 6) is 2.71. The lowest BCUT2D eigenvalue weighted by molar-refractivity contribution is -0.131. The molecule has 0 unspecified atom stereocenters. The van der Waals surface area contributed by atoms with Gasteiger partial charge in [-0.3, -0.25) is 24.4 Å². The van der Waals surface area contributed by atoms with E-state index >= 15 is 0 Å². The number of phenols is 2. The summed E-state index contributed by atoms with van der Waals surface area (Å²) in [6.07, 6.45) is 0. The quantitative estimate of drug-likeness (QED) is 0.0879. The molecule has 0 bridgehead atoms. The molecule has 0 saturated heterocycles. The summed E-state index contributed by atoms with van der Waals surface area (Å²) in [6, 6.07) is 14.8. The molecule has 0 radical (unpaired) electrons. The van der Waals surface area contributed by atoms with Crippen LogP contribution in [0.15, 0.2) is 66.7 Å². The lowest BCUT2D eigenvalue weighted by Crippen LogP contribution is -2.54. The Morgan fingerprint density at radius 2 is 1.40 bits per heavy atom. The number of phenolic OH excluding ortho intramolecular Hbond substituents is 2. The first-order valence-corrected chi connectivity index (χ1v) is 11.9. The summed E-state index contributed by atoms with van der Waals surface area (Å²) in [5.41, 5.74) is 9.31. The molecule has 0 heterocycles. The predicted octanol–water partition coefficient (Wildman–Crippen LogP) is 0.817. The normalized spacial score (nSPS) is 11.7. The van der Waals surface area contributed by atoms with Crippen LogP contribution in [0.3, 0.4) is 0 Å². The van der Waals surface area contributed by atoms with Gasteiger partial charge in [0.1, 0.15) is 6.04 Å². The van der Waals surface area contributed by atoms with Gasteiger partial charge >= 0.3 is 0 Å². The van der Waals surface area contributed by atoms with Crippen molar-refractivity contribution in [3.8, 4) is 23.3 Å². The van der Waals surface area contributed by atoms with Crippen LogP contribution < -0.4 is 27.2 Å². The van der Waals surface area contributed by atoms with E-state index in [1.165, 1.54) is 36.7 Å². The van der Waals surface area contributed by atoms with E-state index in [4.69, 9.17) is 10.9 Å². The largest absolute Gasteiger partial charge is 0.504 e. The molecule has 40 heavy (non-hydrogen) atoms. The highest BCUT2D eigenvalue weighted by molar-refractivity contribution is 6.00. The summed E-state index contributed by atoms with van der Waals surface area (Å²) in [5, 5.41) is 35.1. The highest BCUT2D eigenvalue weighted by Gasteiger charge is 2.24. The van der Waals surface area contributed by atoms with Gasteiger partial charge in [-0.15, -0.1) is 0 Å². The molecule has 3 aromatic rings. The van der Waals surface area contributed by atoms with Crippen LogP contribution in [-0.2, 0) is 9.59 Å². The lowest BCUT2D eigenvalue weighted by atomic mass is 10.1. The molecule has 0 aliphatic heterocycles. The Hall–Kier alpha value is -5.38. The third kappa shape index (κ3) is 8.06. The molecule has 12 heteroatoms. The Bertz CT molecular complexity index is 1460. The maximum absolute atomic E-state index is 12.4. The lowest BCUT2D eigenvalue weighted by Gasteiger charge is -2.20.